The van der Waals surface area contributed by atoms with E-state index in [4.69, 9.17) is 0 Å². The van der Waals surface area contributed by atoms with E-state index in [0.717, 1.165) is 32.1 Å². The number of fused-ring (bicyclic) bond motifs is 3. The van der Waals surface area contributed by atoms with Crippen molar-refractivity contribution in [2.45, 2.75) is 66.2 Å². The van der Waals surface area contributed by atoms with Gasteiger partial charge in [-0.3, -0.25) is 4.79 Å². The number of carboxylic acids is 1. The van der Waals surface area contributed by atoms with E-state index in [9.17, 15) is 9.90 Å². The van der Waals surface area contributed by atoms with Gasteiger partial charge >= 0.3 is 5.97 Å². The standard InChI is InChI=1S/C20H30O2.Cu/c1-13(2)14-6-8-16-15(12-14)7-9-17-19(16,3)10-5-11-20(17,4)18(21)22;/h6,12-13,16-17H,5,7-11H2,1-4H3,(H,21,22);. The molecule has 4 unspecified atom stereocenters. The molecule has 3 rings (SSSR count). The monoisotopic (exact) mass is 365 g/mol. The maximum absolute atomic E-state index is 11.9. The molecule has 0 amide bonds. The van der Waals surface area contributed by atoms with Crippen LogP contribution in [0.4, 0.5) is 0 Å². The summed E-state index contributed by atoms with van der Waals surface area (Å²) in [5.41, 5.74) is 2.71. The predicted octanol–water partition coefficient (Wildman–Crippen LogP) is 5.20. The molecule has 0 aromatic rings. The van der Waals surface area contributed by atoms with E-state index in [0.29, 0.717) is 17.8 Å². The van der Waals surface area contributed by atoms with Gasteiger partial charge in [-0.2, -0.15) is 0 Å². The molecule has 23 heavy (non-hydrogen) atoms. The molecular weight excluding hydrogens is 336 g/mol. The van der Waals surface area contributed by atoms with E-state index in [1.54, 1.807) is 5.57 Å². The summed E-state index contributed by atoms with van der Waals surface area (Å²) in [6, 6.07) is 0. The SMILES string of the molecule is CC(C)C1=CCC2C(=C1)CCC1C(C)(C(=O)O)CCCC21C.[Cu]. The molecule has 133 valence electrons. The second-order valence-corrected chi connectivity index (χ2v) is 8.54. The first-order valence-electron chi connectivity index (χ1n) is 8.93. The summed E-state index contributed by atoms with van der Waals surface area (Å²) in [4.78, 5) is 11.9. The van der Waals surface area contributed by atoms with Crippen LogP contribution in [0.25, 0.3) is 0 Å². The minimum Gasteiger partial charge on any atom is -0.481 e. The number of hydrogen-bond acceptors (Lipinski definition) is 1. The average Bonchev–Trinajstić information content (AvgIpc) is 2.46. The van der Waals surface area contributed by atoms with Gasteiger partial charge in [0.15, 0.2) is 0 Å². The molecule has 0 aromatic carbocycles. The summed E-state index contributed by atoms with van der Waals surface area (Å²) in [7, 11) is 0. The molecule has 2 fully saturated rings. The van der Waals surface area contributed by atoms with E-state index in [2.05, 4.69) is 32.9 Å². The van der Waals surface area contributed by atoms with Gasteiger partial charge in [0.05, 0.1) is 5.41 Å². The first-order chi connectivity index (χ1) is 10.3. The van der Waals surface area contributed by atoms with E-state index in [-0.39, 0.29) is 22.5 Å². The van der Waals surface area contributed by atoms with Gasteiger partial charge in [0, 0.05) is 17.1 Å². The van der Waals surface area contributed by atoms with Gasteiger partial charge in [0.25, 0.3) is 0 Å². The molecule has 0 heterocycles. The molecule has 0 aliphatic heterocycles. The number of hydrogen-bond donors (Lipinski definition) is 1. The van der Waals surface area contributed by atoms with Gasteiger partial charge in [-0.05, 0) is 67.8 Å². The number of carbonyl (C=O) groups is 1. The smallest absolute Gasteiger partial charge is 0.309 e. The first-order valence-corrected chi connectivity index (χ1v) is 8.93. The van der Waals surface area contributed by atoms with Crippen LogP contribution < -0.4 is 0 Å². The molecule has 0 spiro atoms. The van der Waals surface area contributed by atoms with Crippen molar-refractivity contribution in [3.8, 4) is 0 Å². The Morgan fingerprint density at radius 1 is 1.30 bits per heavy atom. The quantitative estimate of drug-likeness (QED) is 0.682. The van der Waals surface area contributed by atoms with Crippen LogP contribution in [0.2, 0.25) is 0 Å². The van der Waals surface area contributed by atoms with Crippen molar-refractivity contribution in [2.75, 3.05) is 0 Å². The minimum atomic E-state index is -0.579. The van der Waals surface area contributed by atoms with Crippen molar-refractivity contribution in [1.82, 2.24) is 0 Å². The van der Waals surface area contributed by atoms with E-state index < -0.39 is 11.4 Å². The Kier molecular flexibility index (Phi) is 5.24. The van der Waals surface area contributed by atoms with Gasteiger partial charge in [0.1, 0.15) is 0 Å². The third kappa shape index (κ3) is 2.85. The Hall–Kier alpha value is -0.531. The third-order valence-electron chi connectivity index (χ3n) is 7.04. The third-order valence-corrected chi connectivity index (χ3v) is 7.04. The average molecular weight is 366 g/mol. The summed E-state index contributed by atoms with van der Waals surface area (Å²) < 4.78 is 0. The first kappa shape index (κ1) is 18.8. The Morgan fingerprint density at radius 2 is 2.00 bits per heavy atom. The molecule has 0 bridgehead atoms. The Labute approximate surface area is 151 Å². The maximum Gasteiger partial charge on any atom is 0.309 e. The summed E-state index contributed by atoms with van der Waals surface area (Å²) in [6.45, 7) is 8.91. The van der Waals surface area contributed by atoms with Crippen LogP contribution in [0.3, 0.4) is 0 Å². The molecule has 0 aromatic heterocycles. The van der Waals surface area contributed by atoms with Crippen molar-refractivity contribution < 1.29 is 27.0 Å². The Bertz CT molecular complexity index is 548. The minimum absolute atomic E-state index is 0. The fourth-order valence-corrected chi connectivity index (χ4v) is 5.67. The molecule has 3 aliphatic carbocycles. The van der Waals surface area contributed by atoms with Crippen molar-refractivity contribution in [3.05, 3.63) is 23.3 Å². The van der Waals surface area contributed by atoms with Gasteiger partial charge in [-0.25, -0.2) is 0 Å². The van der Waals surface area contributed by atoms with Crippen LogP contribution in [0.15, 0.2) is 23.3 Å². The molecule has 1 radical (unpaired) electrons. The van der Waals surface area contributed by atoms with Crippen molar-refractivity contribution in [1.29, 1.82) is 0 Å². The Balaban J connectivity index is 0.00000192. The zero-order valence-corrected chi connectivity index (χ0v) is 15.7. The number of carboxylic acid groups (broad SMARTS) is 1. The maximum atomic E-state index is 11.9. The van der Waals surface area contributed by atoms with Crippen LogP contribution in [-0.4, -0.2) is 11.1 Å². The fraction of sp³-hybridized carbons (Fsp3) is 0.750. The largest absolute Gasteiger partial charge is 0.481 e. The van der Waals surface area contributed by atoms with Crippen molar-refractivity contribution in [2.24, 2.45) is 28.6 Å². The second kappa shape index (κ2) is 6.41. The van der Waals surface area contributed by atoms with Crippen molar-refractivity contribution >= 4 is 5.97 Å². The topological polar surface area (TPSA) is 37.3 Å². The van der Waals surface area contributed by atoms with Gasteiger partial charge in [-0.1, -0.05) is 44.9 Å². The molecule has 4 atom stereocenters. The van der Waals surface area contributed by atoms with E-state index in [1.165, 1.54) is 12.0 Å². The van der Waals surface area contributed by atoms with Crippen LogP contribution >= 0.6 is 0 Å². The summed E-state index contributed by atoms with van der Waals surface area (Å²) in [5.74, 6) is 0.898. The molecule has 2 saturated carbocycles. The number of allylic oxidation sites excluding steroid dienone is 4. The molecule has 1 N–H and O–H groups in total. The predicted molar refractivity (Wildman–Crippen MR) is 89.5 cm³/mol. The Morgan fingerprint density at radius 3 is 2.61 bits per heavy atom. The molecular formula is C20H30CuO2. The second-order valence-electron chi connectivity index (χ2n) is 8.54. The van der Waals surface area contributed by atoms with E-state index in [1.807, 2.05) is 6.92 Å². The summed E-state index contributed by atoms with van der Waals surface area (Å²) >= 11 is 0. The zero-order chi connectivity index (χ0) is 16.1. The number of aliphatic carboxylic acids is 1. The fourth-order valence-electron chi connectivity index (χ4n) is 5.67. The van der Waals surface area contributed by atoms with Crippen LogP contribution in [0, 0.1) is 28.6 Å². The van der Waals surface area contributed by atoms with Gasteiger partial charge < -0.3 is 5.11 Å². The summed E-state index contributed by atoms with van der Waals surface area (Å²) in [6.07, 6.45) is 11.2. The van der Waals surface area contributed by atoms with Gasteiger partial charge in [0.2, 0.25) is 0 Å². The molecule has 2 nitrogen and oxygen atoms in total. The van der Waals surface area contributed by atoms with Crippen LogP contribution in [0.1, 0.15) is 66.2 Å². The molecule has 3 aliphatic rings. The van der Waals surface area contributed by atoms with Gasteiger partial charge in [-0.15, -0.1) is 0 Å². The molecule has 3 heteroatoms. The van der Waals surface area contributed by atoms with Crippen LogP contribution in [-0.2, 0) is 21.9 Å². The normalized spacial score (nSPS) is 39.5. The van der Waals surface area contributed by atoms with Crippen LogP contribution in [0.5, 0.6) is 0 Å². The summed E-state index contributed by atoms with van der Waals surface area (Å²) in [5, 5.41) is 9.84. The van der Waals surface area contributed by atoms with Crippen molar-refractivity contribution in [3.63, 3.8) is 0 Å². The van der Waals surface area contributed by atoms with E-state index >= 15 is 0 Å². The number of rotatable bonds is 2. The molecule has 0 saturated heterocycles. The zero-order valence-electron chi connectivity index (χ0n) is 14.8.